The monoisotopic (exact) mass is 404 g/mol. The van der Waals surface area contributed by atoms with Crippen molar-refractivity contribution < 1.29 is 7.41 Å². The van der Waals surface area contributed by atoms with Crippen LogP contribution in [-0.2, 0) is 7.41 Å². The summed E-state index contributed by atoms with van der Waals surface area (Å²) < 4.78 is 13.2. The van der Waals surface area contributed by atoms with Crippen LogP contribution in [0.2, 0.25) is 5.79 Å². The molecule has 0 spiro atoms. The van der Waals surface area contributed by atoms with Crippen LogP contribution in [0.25, 0.3) is 0 Å². The van der Waals surface area contributed by atoms with Gasteiger partial charge in [-0.05, 0) is 21.9 Å². The second kappa shape index (κ2) is 10.5. The van der Waals surface area contributed by atoms with E-state index in [2.05, 4.69) is 103 Å². The van der Waals surface area contributed by atoms with Gasteiger partial charge >= 0.3 is 28.6 Å². The third-order valence-corrected chi connectivity index (χ3v) is 6.38. The van der Waals surface area contributed by atoms with Crippen LogP contribution in [0.4, 0.5) is 0 Å². The van der Waals surface area contributed by atoms with Gasteiger partial charge in [-0.2, -0.15) is 0 Å². The van der Waals surface area contributed by atoms with E-state index in [0.717, 1.165) is 21.9 Å². The summed E-state index contributed by atoms with van der Waals surface area (Å²) in [5.74, 6) is 2.11. The molecule has 0 aliphatic rings. The van der Waals surface area contributed by atoms with Gasteiger partial charge in [0.25, 0.3) is 0 Å². The fourth-order valence-electron chi connectivity index (χ4n) is 3.63. The SMILES string of the molecule is [CH3][Al]([O]B(c1ccccc1)c1ccccc1)[O]B(c1ccccc1)c1ccccc1. The molecule has 0 bridgehead atoms. The van der Waals surface area contributed by atoms with Crippen molar-refractivity contribution in [3.05, 3.63) is 121 Å². The summed E-state index contributed by atoms with van der Waals surface area (Å²) in [7, 11) is 0. The zero-order valence-corrected chi connectivity index (χ0v) is 18.3. The molecule has 0 heterocycles. The van der Waals surface area contributed by atoms with Gasteiger partial charge in [-0.15, -0.1) is 0 Å². The molecule has 0 fully saturated rings. The third kappa shape index (κ3) is 5.33. The number of benzene rings is 4. The summed E-state index contributed by atoms with van der Waals surface area (Å²) in [4.78, 5) is 0. The van der Waals surface area contributed by atoms with Crippen molar-refractivity contribution in [2.45, 2.75) is 5.79 Å². The molecule has 0 unspecified atom stereocenters. The highest BCUT2D eigenvalue weighted by Crippen LogP contribution is 2.02. The molecule has 4 aromatic rings. The van der Waals surface area contributed by atoms with E-state index in [9.17, 15) is 0 Å². The second-order valence-electron chi connectivity index (χ2n) is 7.24. The summed E-state index contributed by atoms with van der Waals surface area (Å²) >= 11 is -2.00. The van der Waals surface area contributed by atoms with Crippen LogP contribution in [0.15, 0.2) is 121 Å². The Kier molecular flexibility index (Phi) is 7.24. The Morgan fingerprint density at radius 3 is 0.900 bits per heavy atom. The summed E-state index contributed by atoms with van der Waals surface area (Å²) in [6.45, 7) is -0.275. The molecule has 0 N–H and O–H groups in total. The lowest BCUT2D eigenvalue weighted by atomic mass is 9.56. The normalized spacial score (nSPS) is 10.4. The summed E-state index contributed by atoms with van der Waals surface area (Å²) in [5, 5.41) is 0. The topological polar surface area (TPSA) is 18.5 Å². The predicted octanol–water partition coefficient (Wildman–Crippen LogP) is 2.75. The molecule has 5 heteroatoms. The molecule has 0 amide bonds. The van der Waals surface area contributed by atoms with Crippen LogP contribution in [0.5, 0.6) is 0 Å². The quantitative estimate of drug-likeness (QED) is 0.421. The van der Waals surface area contributed by atoms with E-state index < -0.39 is 14.8 Å². The molecule has 4 rings (SSSR count). The van der Waals surface area contributed by atoms with Gasteiger partial charge in [0.05, 0.1) is 0 Å². The van der Waals surface area contributed by atoms with Crippen LogP contribution in [0.3, 0.4) is 0 Å². The van der Waals surface area contributed by atoms with E-state index in [0.29, 0.717) is 0 Å². The first-order valence-electron chi connectivity index (χ1n) is 10.3. The number of hydrogen-bond acceptors (Lipinski definition) is 2. The van der Waals surface area contributed by atoms with Crippen LogP contribution in [-0.4, -0.2) is 28.6 Å². The molecule has 0 aliphatic carbocycles. The lowest BCUT2D eigenvalue weighted by Gasteiger charge is -2.23. The minimum absolute atomic E-state index is 0.138. The van der Waals surface area contributed by atoms with Crippen LogP contribution in [0, 0.1) is 0 Å². The molecule has 4 aromatic carbocycles. The minimum Gasteiger partial charge on any atom is -0.538 e. The van der Waals surface area contributed by atoms with Gasteiger partial charge in [0.1, 0.15) is 0 Å². The first-order chi connectivity index (χ1) is 14.8. The van der Waals surface area contributed by atoms with E-state index in [1.807, 2.05) is 24.3 Å². The molecule has 2 nitrogen and oxygen atoms in total. The van der Waals surface area contributed by atoms with Crippen molar-refractivity contribution in [3.8, 4) is 0 Å². The lowest BCUT2D eigenvalue weighted by Crippen LogP contribution is -2.53. The summed E-state index contributed by atoms with van der Waals surface area (Å²) in [5.41, 5.74) is 4.57. The van der Waals surface area contributed by atoms with Gasteiger partial charge in [0, 0.05) is 0 Å². The smallest absolute Gasteiger partial charge is 0.538 e. The van der Waals surface area contributed by atoms with Gasteiger partial charge < -0.3 is 7.41 Å². The predicted molar refractivity (Wildman–Crippen MR) is 130 cm³/mol. The molecule has 0 saturated carbocycles. The van der Waals surface area contributed by atoms with Gasteiger partial charge in [-0.25, -0.2) is 0 Å². The Labute approximate surface area is 184 Å². The Balaban J connectivity index is 1.59. The molecule has 0 aromatic heterocycles. The van der Waals surface area contributed by atoms with Gasteiger partial charge in [-0.1, -0.05) is 127 Å². The molecular formula is C25H23AlB2O2. The van der Waals surface area contributed by atoms with Crippen LogP contribution in [0.1, 0.15) is 0 Å². The van der Waals surface area contributed by atoms with Crippen molar-refractivity contribution in [3.63, 3.8) is 0 Å². The van der Waals surface area contributed by atoms with Gasteiger partial charge in [-0.3, -0.25) is 0 Å². The molecule has 30 heavy (non-hydrogen) atoms. The van der Waals surface area contributed by atoms with E-state index >= 15 is 0 Å². The lowest BCUT2D eigenvalue weighted by molar-refractivity contribution is 0.459. The Morgan fingerprint density at radius 2 is 0.667 bits per heavy atom. The maximum Gasteiger partial charge on any atom is 0.640 e. The first-order valence-corrected chi connectivity index (χ1v) is 12.4. The fraction of sp³-hybridized carbons (Fsp3) is 0.0400. The fourth-order valence-corrected chi connectivity index (χ4v) is 5.09. The van der Waals surface area contributed by atoms with Crippen LogP contribution < -0.4 is 21.9 Å². The van der Waals surface area contributed by atoms with Crippen molar-refractivity contribution in [1.29, 1.82) is 0 Å². The van der Waals surface area contributed by atoms with E-state index in [1.165, 1.54) is 0 Å². The van der Waals surface area contributed by atoms with Gasteiger partial charge in [0.2, 0.25) is 0 Å². The molecule has 0 radical (unpaired) electrons. The number of rotatable bonds is 8. The Morgan fingerprint density at radius 1 is 0.433 bits per heavy atom. The standard InChI is InChI=1S/2C12H10BO.CH3.Al/c2*14-13(11-7-3-1-4-8-11)12-9-5-2-6-10-12;;/h2*1-10H;1H3;/q2*-1;;+2. The van der Waals surface area contributed by atoms with E-state index in [4.69, 9.17) is 7.41 Å². The first kappa shape index (κ1) is 20.7. The van der Waals surface area contributed by atoms with Crippen molar-refractivity contribution >= 4 is 50.5 Å². The Bertz CT molecular complexity index is 854. The maximum absolute atomic E-state index is 6.61. The largest absolute Gasteiger partial charge is 0.640 e. The van der Waals surface area contributed by atoms with Crippen molar-refractivity contribution in [2.75, 3.05) is 0 Å². The average molecular weight is 404 g/mol. The highest BCUT2D eigenvalue weighted by molar-refractivity contribution is 6.87. The Hall–Kier alpha value is -2.54. The molecule has 0 aliphatic heterocycles. The zero-order chi connectivity index (χ0) is 20.6. The molecule has 144 valence electrons. The van der Waals surface area contributed by atoms with E-state index in [1.54, 1.807) is 0 Å². The van der Waals surface area contributed by atoms with Crippen molar-refractivity contribution in [2.24, 2.45) is 0 Å². The van der Waals surface area contributed by atoms with Crippen LogP contribution >= 0.6 is 0 Å². The second-order valence-corrected chi connectivity index (χ2v) is 8.92. The summed E-state index contributed by atoms with van der Waals surface area (Å²) in [6, 6.07) is 41.5. The maximum atomic E-state index is 6.61. The average Bonchev–Trinajstić information content (AvgIpc) is 2.83. The van der Waals surface area contributed by atoms with Crippen molar-refractivity contribution in [1.82, 2.24) is 0 Å². The highest BCUT2D eigenvalue weighted by Gasteiger charge is 2.33. The van der Waals surface area contributed by atoms with E-state index in [-0.39, 0.29) is 13.8 Å². The molecule has 0 saturated heterocycles. The third-order valence-electron chi connectivity index (χ3n) is 5.06. The highest BCUT2D eigenvalue weighted by atomic mass is 27.2. The molecular weight excluding hydrogens is 381 g/mol. The zero-order valence-electron chi connectivity index (χ0n) is 17.1. The minimum atomic E-state index is -2.00. The van der Waals surface area contributed by atoms with Gasteiger partial charge in [0.15, 0.2) is 0 Å². The molecule has 0 atom stereocenters. The number of hydrogen-bond donors (Lipinski definition) is 0. The summed E-state index contributed by atoms with van der Waals surface area (Å²) in [6.07, 6.45) is 0.